The number of ether oxygens (including phenoxy) is 1. The molecule has 0 aliphatic rings. The van der Waals surface area contributed by atoms with Gasteiger partial charge < -0.3 is 4.74 Å². The molecule has 22 heavy (non-hydrogen) atoms. The highest BCUT2D eigenvalue weighted by Crippen LogP contribution is 2.22. The monoisotopic (exact) mass is 319 g/mol. The molecule has 0 bridgehead atoms. The molecule has 0 heterocycles. The molecule has 2 rings (SSSR count). The Balaban J connectivity index is 2.30. The van der Waals surface area contributed by atoms with E-state index in [9.17, 15) is 13.2 Å². The molecule has 0 atom stereocenters. The van der Waals surface area contributed by atoms with E-state index in [2.05, 4.69) is 11.3 Å². The average Bonchev–Trinajstić information content (AvgIpc) is 2.51. The summed E-state index contributed by atoms with van der Waals surface area (Å²) in [5.74, 6) is -0.773. The van der Waals surface area contributed by atoms with Gasteiger partial charge >= 0.3 is 5.97 Å². The first-order valence-electron chi connectivity index (χ1n) is 6.82. The molecule has 0 aromatic heterocycles. The fourth-order valence-electron chi connectivity index (χ4n) is 1.97. The zero-order chi connectivity index (χ0) is 16.2. The van der Waals surface area contributed by atoms with E-state index in [0.717, 1.165) is 5.39 Å². The Labute approximate surface area is 129 Å². The second-order valence-corrected chi connectivity index (χ2v) is 6.35. The molecule has 0 spiro atoms. The van der Waals surface area contributed by atoms with Crippen molar-refractivity contribution in [2.75, 3.05) is 6.61 Å². The fraction of sp³-hybridized carbons (Fsp3) is 0.188. The molecule has 1 N–H and O–H groups in total. The maximum absolute atomic E-state index is 12.5. The van der Waals surface area contributed by atoms with Gasteiger partial charge in [0.15, 0.2) is 0 Å². The van der Waals surface area contributed by atoms with Crippen molar-refractivity contribution in [2.45, 2.75) is 18.2 Å². The molecule has 0 aliphatic carbocycles. The maximum Gasteiger partial charge on any atom is 0.354 e. The molecule has 116 valence electrons. The van der Waals surface area contributed by atoms with E-state index < -0.39 is 16.0 Å². The number of rotatable bonds is 6. The Morgan fingerprint density at radius 2 is 1.86 bits per heavy atom. The molecular weight excluding hydrogens is 302 g/mol. The Kier molecular flexibility index (Phi) is 4.82. The first-order chi connectivity index (χ1) is 10.5. The topological polar surface area (TPSA) is 72.5 Å². The highest BCUT2D eigenvalue weighted by molar-refractivity contribution is 7.90. The van der Waals surface area contributed by atoms with Gasteiger partial charge in [0.25, 0.3) is 10.0 Å². The predicted octanol–water partition coefficient (Wildman–Crippen LogP) is 2.59. The van der Waals surface area contributed by atoms with Crippen LogP contribution in [0.2, 0.25) is 0 Å². The molecule has 0 amide bonds. The van der Waals surface area contributed by atoms with Gasteiger partial charge in [0.2, 0.25) is 0 Å². The van der Waals surface area contributed by atoms with Crippen LogP contribution in [0.25, 0.3) is 10.8 Å². The number of carbonyl (C=O) groups is 1. The average molecular weight is 319 g/mol. The first-order valence-corrected chi connectivity index (χ1v) is 8.30. The molecule has 2 aromatic carbocycles. The van der Waals surface area contributed by atoms with Crippen molar-refractivity contribution in [3.05, 3.63) is 54.7 Å². The van der Waals surface area contributed by atoms with Gasteiger partial charge in [-0.25, -0.2) is 13.2 Å². The lowest BCUT2D eigenvalue weighted by atomic mass is 10.1. The standard InChI is InChI=1S/C16H17NO4S/c1-3-11-21-16(18)12(2)17-22(19,20)15-10-6-8-13-7-4-5-9-14(13)15/h4-10,17H,2-3,11H2,1H3. The Morgan fingerprint density at radius 1 is 1.18 bits per heavy atom. The predicted molar refractivity (Wildman–Crippen MR) is 84.7 cm³/mol. The zero-order valence-electron chi connectivity index (χ0n) is 12.2. The van der Waals surface area contributed by atoms with Crippen molar-refractivity contribution in [3.63, 3.8) is 0 Å². The molecule has 6 heteroatoms. The Morgan fingerprint density at radius 3 is 2.59 bits per heavy atom. The first kappa shape index (κ1) is 16.0. The quantitative estimate of drug-likeness (QED) is 0.656. The molecule has 0 saturated carbocycles. The van der Waals surface area contributed by atoms with Crippen LogP contribution in [-0.2, 0) is 19.6 Å². The van der Waals surface area contributed by atoms with Gasteiger partial charge in [0, 0.05) is 5.39 Å². The number of carbonyl (C=O) groups excluding carboxylic acids is 1. The molecule has 5 nitrogen and oxygen atoms in total. The minimum Gasteiger partial charge on any atom is -0.461 e. The summed E-state index contributed by atoms with van der Waals surface area (Å²) in [6, 6.07) is 12.1. The summed E-state index contributed by atoms with van der Waals surface area (Å²) in [7, 11) is -3.91. The summed E-state index contributed by atoms with van der Waals surface area (Å²) in [5, 5.41) is 1.37. The third-order valence-corrected chi connectivity index (χ3v) is 4.43. The largest absolute Gasteiger partial charge is 0.461 e. The Bertz CT molecular complexity index is 807. The van der Waals surface area contributed by atoms with Gasteiger partial charge in [-0.3, -0.25) is 4.72 Å². The maximum atomic E-state index is 12.5. The van der Waals surface area contributed by atoms with Crippen LogP contribution in [0.4, 0.5) is 0 Å². The van der Waals surface area contributed by atoms with Crippen LogP contribution in [0.15, 0.2) is 59.6 Å². The second kappa shape index (κ2) is 6.62. The summed E-state index contributed by atoms with van der Waals surface area (Å²) in [6.07, 6.45) is 0.648. The lowest BCUT2D eigenvalue weighted by Gasteiger charge is -2.12. The van der Waals surface area contributed by atoms with Crippen molar-refractivity contribution in [3.8, 4) is 0 Å². The number of nitrogens with one attached hydrogen (secondary N) is 1. The number of benzene rings is 2. The number of sulfonamides is 1. The molecule has 0 saturated heterocycles. The summed E-state index contributed by atoms with van der Waals surface area (Å²) >= 11 is 0. The van der Waals surface area contributed by atoms with Crippen LogP contribution < -0.4 is 4.72 Å². The highest BCUT2D eigenvalue weighted by Gasteiger charge is 2.21. The van der Waals surface area contributed by atoms with Crippen LogP contribution in [0, 0.1) is 0 Å². The number of fused-ring (bicyclic) bond motifs is 1. The third-order valence-electron chi connectivity index (χ3n) is 2.98. The van der Waals surface area contributed by atoms with E-state index in [4.69, 9.17) is 4.74 Å². The molecular formula is C16H17NO4S. The SMILES string of the molecule is C=C(NS(=O)(=O)c1cccc2ccccc12)C(=O)OCCC. The van der Waals surface area contributed by atoms with E-state index >= 15 is 0 Å². The van der Waals surface area contributed by atoms with Gasteiger partial charge in [0.1, 0.15) is 5.70 Å². The highest BCUT2D eigenvalue weighted by atomic mass is 32.2. The van der Waals surface area contributed by atoms with Crippen LogP contribution in [0.1, 0.15) is 13.3 Å². The summed E-state index contributed by atoms with van der Waals surface area (Å²) in [4.78, 5) is 11.7. The summed E-state index contributed by atoms with van der Waals surface area (Å²) in [5.41, 5.74) is -0.304. The molecule has 0 aliphatic heterocycles. The van der Waals surface area contributed by atoms with Crippen LogP contribution >= 0.6 is 0 Å². The molecule has 0 fully saturated rings. The normalized spacial score (nSPS) is 11.1. The minimum absolute atomic E-state index is 0.0926. The number of esters is 1. The van der Waals surface area contributed by atoms with E-state index in [1.807, 2.05) is 25.1 Å². The smallest absolute Gasteiger partial charge is 0.354 e. The van der Waals surface area contributed by atoms with E-state index in [-0.39, 0.29) is 17.2 Å². The third kappa shape index (κ3) is 3.46. The van der Waals surface area contributed by atoms with Crippen LogP contribution in [-0.4, -0.2) is 21.0 Å². The second-order valence-electron chi connectivity index (χ2n) is 4.70. The lowest BCUT2D eigenvalue weighted by Crippen LogP contribution is -2.28. The molecule has 2 aromatic rings. The van der Waals surface area contributed by atoms with E-state index in [1.165, 1.54) is 6.07 Å². The van der Waals surface area contributed by atoms with Crippen LogP contribution in [0.5, 0.6) is 0 Å². The zero-order valence-corrected chi connectivity index (χ0v) is 13.0. The van der Waals surface area contributed by atoms with Crippen molar-refractivity contribution < 1.29 is 17.9 Å². The van der Waals surface area contributed by atoms with Crippen molar-refractivity contribution >= 4 is 26.8 Å². The molecule has 0 unspecified atom stereocenters. The fourth-order valence-corrected chi connectivity index (χ4v) is 3.22. The van der Waals surface area contributed by atoms with Crippen molar-refractivity contribution in [2.24, 2.45) is 0 Å². The summed E-state index contributed by atoms with van der Waals surface area (Å²) in [6.45, 7) is 5.49. The number of hydrogen-bond donors (Lipinski definition) is 1. The summed E-state index contributed by atoms with van der Waals surface area (Å²) < 4.78 is 31.9. The van der Waals surface area contributed by atoms with Crippen molar-refractivity contribution in [1.29, 1.82) is 0 Å². The van der Waals surface area contributed by atoms with E-state index in [0.29, 0.717) is 11.8 Å². The Hall–Kier alpha value is -2.34. The van der Waals surface area contributed by atoms with Gasteiger partial charge in [0.05, 0.1) is 11.5 Å². The van der Waals surface area contributed by atoms with E-state index in [1.54, 1.807) is 18.2 Å². The van der Waals surface area contributed by atoms with Gasteiger partial charge in [-0.1, -0.05) is 49.9 Å². The van der Waals surface area contributed by atoms with Crippen LogP contribution in [0.3, 0.4) is 0 Å². The minimum atomic E-state index is -3.91. The van der Waals surface area contributed by atoms with Gasteiger partial charge in [-0.05, 0) is 17.9 Å². The van der Waals surface area contributed by atoms with Gasteiger partial charge in [-0.15, -0.1) is 0 Å². The lowest BCUT2D eigenvalue weighted by molar-refractivity contribution is -0.139. The number of hydrogen-bond acceptors (Lipinski definition) is 4. The molecule has 0 radical (unpaired) electrons. The van der Waals surface area contributed by atoms with Crippen molar-refractivity contribution in [1.82, 2.24) is 4.72 Å². The van der Waals surface area contributed by atoms with Gasteiger partial charge in [-0.2, -0.15) is 0 Å².